The molecule has 1 aliphatic heterocycles. The molecule has 0 unspecified atom stereocenters. The summed E-state index contributed by atoms with van der Waals surface area (Å²) in [5.41, 5.74) is 0.115. The molecule has 1 aliphatic carbocycles. The number of carbonyl (C=O) groups is 2. The molecule has 2 aliphatic rings. The van der Waals surface area contributed by atoms with E-state index in [0.717, 1.165) is 12.8 Å². The van der Waals surface area contributed by atoms with Crippen LogP contribution in [0.3, 0.4) is 0 Å². The Morgan fingerprint density at radius 1 is 1.27 bits per heavy atom. The van der Waals surface area contributed by atoms with Crippen molar-refractivity contribution in [1.82, 2.24) is 9.47 Å². The van der Waals surface area contributed by atoms with Gasteiger partial charge in [-0.3, -0.25) is 4.79 Å². The Kier molecular flexibility index (Phi) is 3.06. The zero-order valence-electron chi connectivity index (χ0n) is 13.3. The van der Waals surface area contributed by atoms with Gasteiger partial charge in [-0.2, -0.15) is 5.26 Å². The Bertz CT molecular complexity index is 688. The molecule has 2 fully saturated rings. The standard InChI is InChI=1S/C16H20N4O2/c1-10-14(21)20(15(22)19(10)12-5-6-12)13-7-11(8-17)9-18(13)16(2,3)4/h7,9-10,12H,5-6H2,1-4H3/t10-/m1/s1. The first-order valence-electron chi connectivity index (χ1n) is 7.55. The molecule has 1 aromatic heterocycles. The highest BCUT2D eigenvalue weighted by atomic mass is 16.2. The summed E-state index contributed by atoms with van der Waals surface area (Å²) in [7, 11) is 0. The van der Waals surface area contributed by atoms with Gasteiger partial charge in [0.1, 0.15) is 17.9 Å². The number of hydrogen-bond acceptors (Lipinski definition) is 3. The molecule has 3 amide bonds. The largest absolute Gasteiger partial charge is 0.333 e. The van der Waals surface area contributed by atoms with Gasteiger partial charge in [-0.15, -0.1) is 0 Å². The first-order valence-corrected chi connectivity index (χ1v) is 7.55. The van der Waals surface area contributed by atoms with Crippen LogP contribution in [0.4, 0.5) is 10.6 Å². The highest BCUT2D eigenvalue weighted by Gasteiger charge is 2.50. The minimum atomic E-state index is -0.436. The Morgan fingerprint density at radius 3 is 2.41 bits per heavy atom. The molecule has 6 heteroatoms. The van der Waals surface area contributed by atoms with Gasteiger partial charge in [0.05, 0.1) is 5.56 Å². The van der Waals surface area contributed by atoms with Crippen LogP contribution in [0.15, 0.2) is 12.3 Å². The number of urea groups is 1. The van der Waals surface area contributed by atoms with Crippen LogP contribution in [0.5, 0.6) is 0 Å². The second kappa shape index (κ2) is 4.60. The lowest BCUT2D eigenvalue weighted by Crippen LogP contribution is -2.37. The number of imide groups is 1. The Labute approximate surface area is 129 Å². The lowest BCUT2D eigenvalue weighted by Gasteiger charge is -2.27. The molecule has 1 saturated carbocycles. The molecular formula is C16H20N4O2. The Morgan fingerprint density at radius 2 is 1.91 bits per heavy atom. The van der Waals surface area contributed by atoms with Crippen LogP contribution in [0.25, 0.3) is 0 Å². The number of hydrogen-bond donors (Lipinski definition) is 0. The van der Waals surface area contributed by atoms with Crippen molar-refractivity contribution in [3.8, 4) is 6.07 Å². The Hall–Kier alpha value is -2.29. The molecule has 0 N–H and O–H groups in total. The van der Waals surface area contributed by atoms with Crippen molar-refractivity contribution in [1.29, 1.82) is 5.26 Å². The summed E-state index contributed by atoms with van der Waals surface area (Å²) in [5, 5.41) is 9.16. The normalized spacial score (nSPS) is 22.4. The number of aromatic nitrogens is 1. The van der Waals surface area contributed by atoms with Crippen LogP contribution in [-0.2, 0) is 10.3 Å². The maximum Gasteiger partial charge on any atom is 0.333 e. The summed E-state index contributed by atoms with van der Waals surface area (Å²) in [6.07, 6.45) is 3.61. The zero-order chi connectivity index (χ0) is 16.2. The lowest BCUT2D eigenvalue weighted by atomic mass is 10.1. The molecule has 0 radical (unpaired) electrons. The van der Waals surface area contributed by atoms with Crippen LogP contribution in [0.2, 0.25) is 0 Å². The summed E-state index contributed by atoms with van der Waals surface area (Å²) in [5.74, 6) is 0.263. The number of carbonyl (C=O) groups excluding carboxylic acids is 2. The lowest BCUT2D eigenvalue weighted by molar-refractivity contribution is -0.119. The van der Waals surface area contributed by atoms with Gasteiger partial charge in [0, 0.05) is 17.8 Å². The topological polar surface area (TPSA) is 69.3 Å². The van der Waals surface area contributed by atoms with Gasteiger partial charge >= 0.3 is 6.03 Å². The third-order valence-electron chi connectivity index (χ3n) is 4.23. The second-order valence-corrected chi connectivity index (χ2v) is 7.01. The highest BCUT2D eigenvalue weighted by Crippen LogP contribution is 2.37. The van der Waals surface area contributed by atoms with E-state index in [1.807, 2.05) is 25.3 Å². The zero-order valence-corrected chi connectivity index (χ0v) is 13.3. The number of rotatable bonds is 2. The molecule has 0 bridgehead atoms. The van der Waals surface area contributed by atoms with Crippen LogP contribution >= 0.6 is 0 Å². The predicted molar refractivity (Wildman–Crippen MR) is 81.3 cm³/mol. The number of anilines is 1. The number of amides is 3. The van der Waals surface area contributed by atoms with E-state index in [2.05, 4.69) is 6.07 Å². The molecule has 1 saturated heterocycles. The first-order chi connectivity index (χ1) is 10.3. The molecule has 2 heterocycles. The summed E-state index contributed by atoms with van der Waals surface area (Å²) in [6, 6.07) is 3.18. The van der Waals surface area contributed by atoms with Crippen molar-refractivity contribution >= 4 is 17.8 Å². The fraction of sp³-hybridized carbons (Fsp3) is 0.562. The quantitative estimate of drug-likeness (QED) is 0.788. The average molecular weight is 300 g/mol. The molecule has 6 nitrogen and oxygen atoms in total. The summed E-state index contributed by atoms with van der Waals surface area (Å²) in [4.78, 5) is 28.2. The monoisotopic (exact) mass is 300 g/mol. The van der Waals surface area contributed by atoms with E-state index in [4.69, 9.17) is 5.26 Å². The molecule has 0 spiro atoms. The van der Waals surface area contributed by atoms with Crippen molar-refractivity contribution in [3.63, 3.8) is 0 Å². The Balaban J connectivity index is 2.07. The van der Waals surface area contributed by atoms with E-state index < -0.39 is 6.04 Å². The van der Waals surface area contributed by atoms with Crippen molar-refractivity contribution in [2.45, 2.75) is 58.2 Å². The van der Waals surface area contributed by atoms with Gasteiger partial charge in [0.2, 0.25) is 0 Å². The summed E-state index contributed by atoms with van der Waals surface area (Å²) >= 11 is 0. The first kappa shape index (κ1) is 14.6. The van der Waals surface area contributed by atoms with Crippen molar-refractivity contribution in [2.24, 2.45) is 0 Å². The van der Waals surface area contributed by atoms with E-state index in [1.54, 1.807) is 24.1 Å². The maximum atomic E-state index is 12.7. The highest BCUT2D eigenvalue weighted by molar-refractivity contribution is 6.21. The summed E-state index contributed by atoms with van der Waals surface area (Å²) < 4.78 is 1.82. The van der Waals surface area contributed by atoms with Gasteiger partial charge in [-0.1, -0.05) is 0 Å². The van der Waals surface area contributed by atoms with Gasteiger partial charge in [0.25, 0.3) is 5.91 Å². The van der Waals surface area contributed by atoms with Crippen LogP contribution in [-0.4, -0.2) is 33.5 Å². The van der Waals surface area contributed by atoms with Crippen molar-refractivity contribution in [2.75, 3.05) is 4.90 Å². The third-order valence-corrected chi connectivity index (χ3v) is 4.23. The fourth-order valence-corrected chi connectivity index (χ4v) is 2.94. The number of nitriles is 1. The van der Waals surface area contributed by atoms with E-state index in [-0.39, 0.29) is 23.5 Å². The minimum absolute atomic E-state index is 0.185. The molecule has 116 valence electrons. The van der Waals surface area contributed by atoms with E-state index >= 15 is 0 Å². The second-order valence-electron chi connectivity index (χ2n) is 7.01. The van der Waals surface area contributed by atoms with E-state index in [9.17, 15) is 9.59 Å². The van der Waals surface area contributed by atoms with Crippen molar-refractivity contribution < 1.29 is 9.59 Å². The van der Waals surface area contributed by atoms with Crippen LogP contribution < -0.4 is 4.90 Å². The maximum absolute atomic E-state index is 12.7. The predicted octanol–water partition coefficient (Wildman–Crippen LogP) is 2.43. The minimum Gasteiger partial charge on any atom is -0.327 e. The summed E-state index contributed by atoms with van der Waals surface area (Å²) in [6.45, 7) is 7.70. The van der Waals surface area contributed by atoms with E-state index in [0.29, 0.717) is 11.4 Å². The SMILES string of the molecule is C[C@@H]1C(=O)N(c2cc(C#N)cn2C(C)(C)C)C(=O)N1C1CC1. The number of nitrogens with zero attached hydrogens (tertiary/aromatic N) is 4. The van der Waals surface area contributed by atoms with E-state index in [1.165, 1.54) is 4.90 Å². The van der Waals surface area contributed by atoms with Gasteiger partial charge in [0.15, 0.2) is 0 Å². The third kappa shape index (κ3) is 2.08. The fourth-order valence-electron chi connectivity index (χ4n) is 2.94. The molecular weight excluding hydrogens is 280 g/mol. The van der Waals surface area contributed by atoms with Gasteiger partial charge < -0.3 is 9.47 Å². The molecule has 22 heavy (non-hydrogen) atoms. The smallest absolute Gasteiger partial charge is 0.327 e. The molecule has 0 aromatic carbocycles. The van der Waals surface area contributed by atoms with Gasteiger partial charge in [-0.05, 0) is 46.6 Å². The average Bonchev–Trinajstić information content (AvgIpc) is 3.11. The molecule has 3 rings (SSSR count). The molecule has 1 aromatic rings. The van der Waals surface area contributed by atoms with Crippen LogP contribution in [0.1, 0.15) is 46.1 Å². The molecule has 1 atom stereocenters. The van der Waals surface area contributed by atoms with Crippen LogP contribution in [0, 0.1) is 11.3 Å². The van der Waals surface area contributed by atoms with Crippen molar-refractivity contribution in [3.05, 3.63) is 17.8 Å². The van der Waals surface area contributed by atoms with Gasteiger partial charge in [-0.25, -0.2) is 9.69 Å².